The minimum absolute atomic E-state index is 0.0992. The van der Waals surface area contributed by atoms with Crippen molar-refractivity contribution in [3.63, 3.8) is 0 Å². The summed E-state index contributed by atoms with van der Waals surface area (Å²) in [6.07, 6.45) is 2.08. The highest BCUT2D eigenvalue weighted by Gasteiger charge is 2.28. The van der Waals surface area contributed by atoms with Gasteiger partial charge in [-0.15, -0.1) is 0 Å². The first-order valence-electron chi connectivity index (χ1n) is 8.68. The van der Waals surface area contributed by atoms with E-state index in [0.29, 0.717) is 23.5 Å². The van der Waals surface area contributed by atoms with Crippen LogP contribution >= 0.6 is 11.8 Å². The van der Waals surface area contributed by atoms with Gasteiger partial charge in [-0.2, -0.15) is 16.7 Å². The lowest BCUT2D eigenvalue weighted by atomic mass is 10.0. The van der Waals surface area contributed by atoms with Crippen molar-refractivity contribution in [2.24, 2.45) is 0 Å². The zero-order valence-electron chi connectivity index (χ0n) is 14.9. The predicted octanol–water partition coefficient (Wildman–Crippen LogP) is 2.14. The number of carbonyl (C=O) groups excluding carboxylic acids is 1. The van der Waals surface area contributed by atoms with Gasteiger partial charge >= 0.3 is 6.03 Å². The van der Waals surface area contributed by atoms with Crippen LogP contribution in [0.4, 0.5) is 10.5 Å². The molecule has 2 amide bonds. The normalized spacial score (nSPS) is 19.5. The van der Waals surface area contributed by atoms with Crippen molar-refractivity contribution in [1.29, 1.82) is 0 Å². The number of thioether (sulfide) groups is 1. The van der Waals surface area contributed by atoms with Gasteiger partial charge in [0, 0.05) is 49.8 Å². The summed E-state index contributed by atoms with van der Waals surface area (Å²) in [5.74, 6) is 3.26. The van der Waals surface area contributed by atoms with Gasteiger partial charge in [0.2, 0.25) is 11.8 Å². The third kappa shape index (κ3) is 4.49. The van der Waals surface area contributed by atoms with E-state index in [-0.39, 0.29) is 6.03 Å². The minimum atomic E-state index is -0.0992. The molecule has 2 aliphatic rings. The van der Waals surface area contributed by atoms with Gasteiger partial charge in [0.1, 0.15) is 5.69 Å². The number of anilines is 1. The molecule has 0 radical (unpaired) electrons. The maximum absolute atomic E-state index is 12.6. The SMILES string of the molecule is COc1ccc(NC(=O)N2CCC(N3CCSCC3)CC2)c(OC)n1. The fourth-order valence-corrected chi connectivity index (χ4v) is 4.29. The summed E-state index contributed by atoms with van der Waals surface area (Å²) >= 11 is 2.03. The number of nitrogens with zero attached hydrogens (tertiary/aromatic N) is 3. The lowest BCUT2D eigenvalue weighted by Crippen LogP contribution is -2.49. The molecule has 1 aromatic heterocycles. The van der Waals surface area contributed by atoms with E-state index in [2.05, 4.69) is 15.2 Å². The topological polar surface area (TPSA) is 66.9 Å². The van der Waals surface area contributed by atoms with E-state index in [0.717, 1.165) is 25.9 Å². The number of rotatable bonds is 4. The van der Waals surface area contributed by atoms with Crippen LogP contribution in [0.5, 0.6) is 11.8 Å². The highest BCUT2D eigenvalue weighted by molar-refractivity contribution is 7.99. The number of likely N-dealkylation sites (tertiary alicyclic amines) is 1. The van der Waals surface area contributed by atoms with Gasteiger partial charge in [-0.3, -0.25) is 4.90 Å². The second-order valence-electron chi connectivity index (χ2n) is 6.21. The Hall–Kier alpha value is -1.67. The standard InChI is InChI=1S/C17H26N4O3S/c1-23-15-4-3-14(16(19-15)24-2)18-17(22)21-7-5-13(6-8-21)20-9-11-25-12-10-20/h3-4,13H,5-12H2,1-2H3,(H,18,22). The van der Waals surface area contributed by atoms with Gasteiger partial charge in [-0.25, -0.2) is 4.79 Å². The van der Waals surface area contributed by atoms with E-state index in [1.54, 1.807) is 19.2 Å². The zero-order chi connectivity index (χ0) is 17.6. The number of aromatic nitrogens is 1. The van der Waals surface area contributed by atoms with Crippen molar-refractivity contribution in [2.45, 2.75) is 18.9 Å². The fourth-order valence-electron chi connectivity index (χ4n) is 3.36. The summed E-state index contributed by atoms with van der Waals surface area (Å²) in [6.45, 7) is 3.92. The predicted molar refractivity (Wildman–Crippen MR) is 99.9 cm³/mol. The molecule has 1 N–H and O–H groups in total. The number of piperidine rings is 1. The number of amides is 2. The molecular formula is C17H26N4O3S. The molecule has 3 heterocycles. The van der Waals surface area contributed by atoms with Crippen molar-refractivity contribution >= 4 is 23.5 Å². The van der Waals surface area contributed by atoms with Crippen molar-refractivity contribution in [1.82, 2.24) is 14.8 Å². The lowest BCUT2D eigenvalue weighted by Gasteiger charge is -2.40. The number of ether oxygens (including phenoxy) is 2. The first-order valence-corrected chi connectivity index (χ1v) is 9.83. The monoisotopic (exact) mass is 366 g/mol. The number of urea groups is 1. The summed E-state index contributed by atoms with van der Waals surface area (Å²) in [5, 5.41) is 2.90. The third-order valence-electron chi connectivity index (χ3n) is 4.79. The van der Waals surface area contributed by atoms with E-state index in [1.165, 1.54) is 31.7 Å². The van der Waals surface area contributed by atoms with Gasteiger partial charge in [-0.1, -0.05) is 0 Å². The Morgan fingerprint density at radius 1 is 1.16 bits per heavy atom. The van der Waals surface area contributed by atoms with Crippen LogP contribution in [-0.4, -0.2) is 78.8 Å². The number of carbonyl (C=O) groups is 1. The first-order chi connectivity index (χ1) is 12.2. The lowest BCUT2D eigenvalue weighted by molar-refractivity contribution is 0.130. The Labute approximate surface area is 153 Å². The Kier molecular flexibility index (Phi) is 6.25. The minimum Gasteiger partial charge on any atom is -0.481 e. The van der Waals surface area contributed by atoms with Gasteiger partial charge < -0.3 is 19.7 Å². The highest BCUT2D eigenvalue weighted by atomic mass is 32.2. The average molecular weight is 366 g/mol. The molecule has 7 nitrogen and oxygen atoms in total. The van der Waals surface area contributed by atoms with E-state index in [1.807, 2.05) is 16.7 Å². The van der Waals surface area contributed by atoms with Crippen molar-refractivity contribution in [3.8, 4) is 11.8 Å². The molecule has 138 valence electrons. The second kappa shape index (κ2) is 8.62. The first kappa shape index (κ1) is 18.1. The summed E-state index contributed by atoms with van der Waals surface area (Å²) in [5.41, 5.74) is 0.559. The summed E-state index contributed by atoms with van der Waals surface area (Å²) in [7, 11) is 3.07. The fraction of sp³-hybridized carbons (Fsp3) is 0.647. The van der Waals surface area contributed by atoms with Crippen molar-refractivity contribution < 1.29 is 14.3 Å². The van der Waals surface area contributed by atoms with Gasteiger partial charge in [0.15, 0.2) is 0 Å². The van der Waals surface area contributed by atoms with Crippen LogP contribution in [0, 0.1) is 0 Å². The molecule has 25 heavy (non-hydrogen) atoms. The molecule has 0 aliphatic carbocycles. The van der Waals surface area contributed by atoms with Crippen LogP contribution in [0.3, 0.4) is 0 Å². The zero-order valence-corrected chi connectivity index (χ0v) is 15.7. The molecule has 2 fully saturated rings. The van der Waals surface area contributed by atoms with Gasteiger partial charge in [0.25, 0.3) is 0 Å². The number of methoxy groups -OCH3 is 2. The molecule has 0 saturated carbocycles. The second-order valence-corrected chi connectivity index (χ2v) is 7.43. The number of pyridine rings is 1. The molecule has 2 aliphatic heterocycles. The Balaban J connectivity index is 1.54. The number of hydrogen-bond donors (Lipinski definition) is 1. The molecule has 0 spiro atoms. The number of hydrogen-bond acceptors (Lipinski definition) is 6. The van der Waals surface area contributed by atoms with Crippen LogP contribution in [0.25, 0.3) is 0 Å². The van der Waals surface area contributed by atoms with Gasteiger partial charge in [0.05, 0.1) is 14.2 Å². The maximum Gasteiger partial charge on any atom is 0.321 e. The Bertz CT molecular complexity index is 587. The largest absolute Gasteiger partial charge is 0.481 e. The molecule has 0 unspecified atom stereocenters. The molecule has 8 heteroatoms. The van der Waals surface area contributed by atoms with Crippen LogP contribution in [0.2, 0.25) is 0 Å². The Morgan fingerprint density at radius 3 is 2.52 bits per heavy atom. The smallest absolute Gasteiger partial charge is 0.321 e. The average Bonchev–Trinajstić information content (AvgIpc) is 2.69. The molecule has 0 aromatic carbocycles. The summed E-state index contributed by atoms with van der Waals surface area (Å²) in [4.78, 5) is 21.2. The van der Waals surface area contributed by atoms with E-state index in [4.69, 9.17) is 9.47 Å². The van der Waals surface area contributed by atoms with Crippen LogP contribution in [0.15, 0.2) is 12.1 Å². The Morgan fingerprint density at radius 2 is 1.88 bits per heavy atom. The van der Waals surface area contributed by atoms with Crippen LogP contribution < -0.4 is 14.8 Å². The van der Waals surface area contributed by atoms with E-state index >= 15 is 0 Å². The molecular weight excluding hydrogens is 340 g/mol. The quantitative estimate of drug-likeness (QED) is 0.881. The third-order valence-corrected chi connectivity index (χ3v) is 5.74. The van der Waals surface area contributed by atoms with Gasteiger partial charge in [-0.05, 0) is 18.9 Å². The number of nitrogens with one attached hydrogen (secondary N) is 1. The van der Waals surface area contributed by atoms with Crippen LogP contribution in [0.1, 0.15) is 12.8 Å². The maximum atomic E-state index is 12.6. The highest BCUT2D eigenvalue weighted by Crippen LogP contribution is 2.26. The molecule has 3 rings (SSSR count). The van der Waals surface area contributed by atoms with Crippen LogP contribution in [-0.2, 0) is 0 Å². The molecule has 0 atom stereocenters. The summed E-state index contributed by atoms with van der Waals surface area (Å²) in [6, 6.07) is 3.97. The van der Waals surface area contributed by atoms with Crippen molar-refractivity contribution in [2.75, 3.05) is 57.2 Å². The van der Waals surface area contributed by atoms with E-state index < -0.39 is 0 Å². The summed E-state index contributed by atoms with van der Waals surface area (Å²) < 4.78 is 10.3. The molecule has 1 aromatic rings. The molecule has 2 saturated heterocycles. The molecule has 0 bridgehead atoms. The van der Waals surface area contributed by atoms with E-state index in [9.17, 15) is 4.79 Å². The van der Waals surface area contributed by atoms with Crippen molar-refractivity contribution in [3.05, 3.63) is 12.1 Å².